The van der Waals surface area contributed by atoms with Crippen molar-refractivity contribution in [1.29, 1.82) is 0 Å². The molecule has 2 aromatic heterocycles. The van der Waals surface area contributed by atoms with Crippen LogP contribution in [0.15, 0.2) is 76.2 Å². The monoisotopic (exact) mass is 773 g/mol. The summed E-state index contributed by atoms with van der Waals surface area (Å²) in [5.74, 6) is -3.81. The standard InChI is InChI=1S/C35H35F4N7O5S2/c1-21(2)34-43-31(22-7-9-24(36)29(19-22)44-53(49,50)33-25(37)5-4-6-26(33)38)32(51-34)28-11-12-40-35(42-28)41-23-8-10-30(27(39)20-23)46-15-13-45(14-16-46)17-18-52(3,47)48/h4-12,19-21,44H,13-18H2,1-3H3,(H,40,41,42). The number of nitrogens with one attached hydrogen (secondary N) is 2. The molecule has 0 bridgehead atoms. The molecule has 53 heavy (non-hydrogen) atoms. The molecule has 1 fully saturated rings. The number of nitrogens with zero attached hydrogens (tertiary/aromatic N) is 5. The molecule has 12 nitrogen and oxygen atoms in total. The Morgan fingerprint density at radius 1 is 0.849 bits per heavy atom. The van der Waals surface area contributed by atoms with Gasteiger partial charge in [-0.1, -0.05) is 19.9 Å². The molecule has 6 rings (SSSR count). The number of oxazole rings is 1. The maximum absolute atomic E-state index is 15.4. The second kappa shape index (κ2) is 15.1. The maximum Gasteiger partial charge on any atom is 0.267 e. The Bertz CT molecular complexity index is 2350. The Labute approximate surface area is 303 Å². The van der Waals surface area contributed by atoms with Crippen molar-refractivity contribution in [3.63, 3.8) is 0 Å². The molecule has 0 spiro atoms. The van der Waals surface area contributed by atoms with Gasteiger partial charge in [-0.25, -0.2) is 49.3 Å². The Morgan fingerprint density at radius 3 is 2.23 bits per heavy atom. The minimum atomic E-state index is -4.89. The number of piperazine rings is 1. The average molecular weight is 774 g/mol. The fraction of sp³-hybridized carbons (Fsp3) is 0.286. The number of aromatic nitrogens is 3. The summed E-state index contributed by atoms with van der Waals surface area (Å²) in [6.45, 7) is 6.34. The molecule has 1 aliphatic rings. The van der Waals surface area contributed by atoms with Crippen molar-refractivity contribution in [3.8, 4) is 22.7 Å². The highest BCUT2D eigenvalue weighted by atomic mass is 32.2. The SMILES string of the molecule is CC(C)c1nc(-c2ccc(F)c(NS(=O)(=O)c3c(F)cccc3F)c2)c(-c2ccnc(Nc3ccc(N4CCN(CCS(C)(=O)=O)CC4)c(F)c3)n2)o1. The minimum Gasteiger partial charge on any atom is -0.438 e. The van der Waals surface area contributed by atoms with Gasteiger partial charge in [-0.15, -0.1) is 0 Å². The van der Waals surface area contributed by atoms with E-state index in [1.807, 2.05) is 28.4 Å². The predicted octanol–water partition coefficient (Wildman–Crippen LogP) is 6.19. The molecule has 0 saturated carbocycles. The van der Waals surface area contributed by atoms with Crippen molar-refractivity contribution in [3.05, 3.63) is 96.0 Å². The van der Waals surface area contributed by atoms with Crippen LogP contribution in [0.5, 0.6) is 0 Å². The van der Waals surface area contributed by atoms with Crippen LogP contribution in [0.4, 0.5) is 40.6 Å². The van der Waals surface area contributed by atoms with E-state index in [4.69, 9.17) is 4.42 Å². The molecule has 3 aromatic carbocycles. The van der Waals surface area contributed by atoms with Crippen LogP contribution in [-0.2, 0) is 19.9 Å². The van der Waals surface area contributed by atoms with Gasteiger partial charge in [0.1, 0.15) is 44.5 Å². The number of anilines is 4. The van der Waals surface area contributed by atoms with Gasteiger partial charge in [-0.05, 0) is 54.6 Å². The van der Waals surface area contributed by atoms with Crippen molar-refractivity contribution in [2.24, 2.45) is 0 Å². The Kier molecular flexibility index (Phi) is 10.7. The summed E-state index contributed by atoms with van der Waals surface area (Å²) in [4.78, 5) is 16.0. The lowest BCUT2D eigenvalue weighted by Gasteiger charge is -2.36. The van der Waals surface area contributed by atoms with Gasteiger partial charge in [-0.2, -0.15) is 0 Å². The molecular formula is C35H35F4N7O5S2. The molecule has 5 aromatic rings. The summed E-state index contributed by atoms with van der Waals surface area (Å²) in [6.07, 6.45) is 2.64. The molecule has 0 aliphatic carbocycles. The molecule has 1 aliphatic heterocycles. The van der Waals surface area contributed by atoms with Crippen LogP contribution in [0.2, 0.25) is 0 Å². The summed E-state index contributed by atoms with van der Waals surface area (Å²) < 4.78 is 116. The van der Waals surface area contributed by atoms with E-state index in [1.165, 1.54) is 30.7 Å². The number of benzene rings is 3. The minimum absolute atomic E-state index is 0.0699. The lowest BCUT2D eigenvalue weighted by molar-refractivity contribution is 0.271. The second-order valence-electron chi connectivity index (χ2n) is 12.8. The Balaban J connectivity index is 1.23. The summed E-state index contributed by atoms with van der Waals surface area (Å²) in [5, 5.41) is 2.98. The summed E-state index contributed by atoms with van der Waals surface area (Å²) in [7, 11) is -7.96. The van der Waals surface area contributed by atoms with Gasteiger partial charge >= 0.3 is 0 Å². The molecule has 0 unspecified atom stereocenters. The Morgan fingerprint density at radius 2 is 1.57 bits per heavy atom. The number of hydrogen-bond acceptors (Lipinski definition) is 11. The van der Waals surface area contributed by atoms with Crippen molar-refractivity contribution >= 4 is 42.9 Å². The third kappa shape index (κ3) is 8.77. The predicted molar refractivity (Wildman–Crippen MR) is 192 cm³/mol. The molecular weight excluding hydrogens is 739 g/mol. The highest BCUT2D eigenvalue weighted by Crippen LogP contribution is 2.36. The van der Waals surface area contributed by atoms with E-state index in [9.17, 15) is 30.0 Å². The molecule has 18 heteroatoms. The quantitative estimate of drug-likeness (QED) is 0.140. The van der Waals surface area contributed by atoms with E-state index in [-0.39, 0.29) is 46.2 Å². The van der Waals surface area contributed by atoms with Crippen molar-refractivity contribution in [2.45, 2.75) is 24.7 Å². The number of rotatable bonds is 12. The highest BCUT2D eigenvalue weighted by molar-refractivity contribution is 7.92. The fourth-order valence-corrected chi connectivity index (χ4v) is 7.45. The molecule has 280 valence electrons. The summed E-state index contributed by atoms with van der Waals surface area (Å²) >= 11 is 0. The maximum atomic E-state index is 15.4. The zero-order valence-electron chi connectivity index (χ0n) is 28.8. The van der Waals surface area contributed by atoms with Gasteiger partial charge < -0.3 is 14.6 Å². The molecule has 0 atom stereocenters. The van der Waals surface area contributed by atoms with Gasteiger partial charge in [0, 0.05) is 62.3 Å². The van der Waals surface area contributed by atoms with Crippen molar-refractivity contribution in [1.82, 2.24) is 19.9 Å². The van der Waals surface area contributed by atoms with Crippen LogP contribution in [0.1, 0.15) is 25.7 Å². The molecule has 0 amide bonds. The van der Waals surface area contributed by atoms with Gasteiger partial charge in [0.2, 0.25) is 5.95 Å². The number of sulfone groups is 1. The smallest absolute Gasteiger partial charge is 0.267 e. The Hall–Kier alpha value is -5.07. The van der Waals surface area contributed by atoms with E-state index in [0.717, 1.165) is 30.3 Å². The first-order valence-corrected chi connectivity index (χ1v) is 19.9. The van der Waals surface area contributed by atoms with Gasteiger partial charge in [0.25, 0.3) is 10.0 Å². The van der Waals surface area contributed by atoms with Gasteiger partial charge in [0.05, 0.1) is 17.1 Å². The number of hydrogen-bond donors (Lipinski definition) is 2. The lowest BCUT2D eigenvalue weighted by Crippen LogP contribution is -2.47. The molecule has 3 heterocycles. The summed E-state index contributed by atoms with van der Waals surface area (Å²) in [6, 6.07) is 12.1. The zero-order valence-corrected chi connectivity index (χ0v) is 30.4. The van der Waals surface area contributed by atoms with Crippen molar-refractivity contribution < 1.29 is 38.8 Å². The third-order valence-corrected chi connectivity index (χ3v) is 10.7. The van der Waals surface area contributed by atoms with E-state index in [1.54, 1.807) is 12.1 Å². The molecule has 1 saturated heterocycles. The topological polar surface area (TPSA) is 151 Å². The molecule has 0 radical (unpaired) electrons. The van der Waals surface area contributed by atoms with E-state index in [0.29, 0.717) is 44.1 Å². The van der Waals surface area contributed by atoms with Gasteiger partial charge in [0.15, 0.2) is 16.5 Å². The summed E-state index contributed by atoms with van der Waals surface area (Å²) in [5.41, 5.74) is 0.781. The average Bonchev–Trinajstić information content (AvgIpc) is 3.55. The normalized spacial score (nSPS) is 14.2. The van der Waals surface area contributed by atoms with Crippen LogP contribution < -0.4 is 14.9 Å². The third-order valence-electron chi connectivity index (χ3n) is 8.39. The van der Waals surface area contributed by atoms with Crippen molar-refractivity contribution in [2.75, 3.05) is 59.7 Å². The first-order chi connectivity index (χ1) is 25.1. The number of sulfonamides is 1. The highest BCUT2D eigenvalue weighted by Gasteiger charge is 2.27. The zero-order chi connectivity index (χ0) is 38.1. The van der Waals surface area contributed by atoms with E-state index in [2.05, 4.69) is 20.3 Å². The fourth-order valence-electron chi connectivity index (χ4n) is 5.66. The molecule has 2 N–H and O–H groups in total. The van der Waals surface area contributed by atoms with Crippen LogP contribution in [0, 0.1) is 23.3 Å². The van der Waals surface area contributed by atoms with Crippen LogP contribution >= 0.6 is 0 Å². The van der Waals surface area contributed by atoms with Gasteiger partial charge in [-0.3, -0.25) is 9.62 Å². The van der Waals surface area contributed by atoms with E-state index >= 15 is 4.39 Å². The second-order valence-corrected chi connectivity index (χ2v) is 16.6. The largest absolute Gasteiger partial charge is 0.438 e. The van der Waals surface area contributed by atoms with Crippen LogP contribution in [0.25, 0.3) is 22.7 Å². The number of halogens is 4. The lowest BCUT2D eigenvalue weighted by atomic mass is 10.1. The van der Waals surface area contributed by atoms with E-state index < -0.39 is 53.7 Å². The van der Waals surface area contributed by atoms with Crippen LogP contribution in [0.3, 0.4) is 0 Å². The van der Waals surface area contributed by atoms with Crippen LogP contribution in [-0.4, -0.2) is 81.4 Å². The first-order valence-electron chi connectivity index (χ1n) is 16.4. The first kappa shape index (κ1) is 37.7.